The molecule has 2 aromatic carbocycles. The average molecular weight is 386 g/mol. The number of rotatable bonds is 5. The standard InChI is InChI=1S/C23H22N4O2/c1-15-6-9-18(10-7-15)22-25-23(29-26-22)20-5-4-12-27(20)14-21(28)24-19-11-8-16(2)17(3)13-19/h4-13H,14H2,1-3H3,(H,24,28). The van der Waals surface area contributed by atoms with Crippen LogP contribution in [0.2, 0.25) is 0 Å². The van der Waals surface area contributed by atoms with Crippen LogP contribution in [0.4, 0.5) is 5.69 Å². The molecule has 0 radical (unpaired) electrons. The van der Waals surface area contributed by atoms with Crippen LogP contribution in [-0.4, -0.2) is 20.6 Å². The molecule has 1 N–H and O–H groups in total. The molecule has 146 valence electrons. The van der Waals surface area contributed by atoms with Gasteiger partial charge in [0.25, 0.3) is 5.89 Å². The van der Waals surface area contributed by atoms with Crippen LogP contribution in [-0.2, 0) is 11.3 Å². The van der Waals surface area contributed by atoms with Gasteiger partial charge in [0.2, 0.25) is 11.7 Å². The molecule has 4 aromatic rings. The van der Waals surface area contributed by atoms with E-state index in [0.29, 0.717) is 17.4 Å². The number of carbonyl (C=O) groups excluding carboxylic acids is 1. The van der Waals surface area contributed by atoms with E-state index >= 15 is 0 Å². The van der Waals surface area contributed by atoms with Crippen molar-refractivity contribution in [1.29, 1.82) is 0 Å². The molecule has 1 amide bonds. The van der Waals surface area contributed by atoms with Gasteiger partial charge in [0.05, 0.1) is 0 Å². The molecular weight excluding hydrogens is 364 g/mol. The van der Waals surface area contributed by atoms with Crippen LogP contribution in [0.1, 0.15) is 16.7 Å². The van der Waals surface area contributed by atoms with Crippen molar-refractivity contribution in [2.45, 2.75) is 27.3 Å². The summed E-state index contributed by atoms with van der Waals surface area (Å²) in [6.07, 6.45) is 1.82. The van der Waals surface area contributed by atoms with E-state index in [2.05, 4.69) is 15.5 Å². The average Bonchev–Trinajstić information content (AvgIpc) is 3.34. The fraction of sp³-hybridized carbons (Fsp3) is 0.174. The van der Waals surface area contributed by atoms with Gasteiger partial charge >= 0.3 is 0 Å². The second-order valence-electron chi connectivity index (χ2n) is 7.16. The van der Waals surface area contributed by atoms with E-state index in [-0.39, 0.29) is 12.5 Å². The Morgan fingerprint density at radius 2 is 1.83 bits per heavy atom. The van der Waals surface area contributed by atoms with Gasteiger partial charge in [0.1, 0.15) is 12.2 Å². The lowest BCUT2D eigenvalue weighted by Crippen LogP contribution is -2.18. The van der Waals surface area contributed by atoms with Gasteiger partial charge < -0.3 is 14.4 Å². The highest BCUT2D eigenvalue weighted by molar-refractivity contribution is 5.91. The lowest BCUT2D eigenvalue weighted by Gasteiger charge is -2.09. The fourth-order valence-electron chi connectivity index (χ4n) is 3.07. The van der Waals surface area contributed by atoms with Crippen molar-refractivity contribution >= 4 is 11.6 Å². The minimum atomic E-state index is -0.121. The molecule has 6 nitrogen and oxygen atoms in total. The van der Waals surface area contributed by atoms with Crippen LogP contribution < -0.4 is 5.32 Å². The summed E-state index contributed by atoms with van der Waals surface area (Å²) in [4.78, 5) is 17.0. The number of nitrogens with one attached hydrogen (secondary N) is 1. The van der Waals surface area contributed by atoms with E-state index in [1.54, 1.807) is 4.57 Å². The van der Waals surface area contributed by atoms with Crippen molar-refractivity contribution in [3.05, 3.63) is 77.5 Å². The van der Waals surface area contributed by atoms with Gasteiger partial charge in [-0.25, -0.2) is 0 Å². The summed E-state index contributed by atoms with van der Waals surface area (Å²) < 4.78 is 7.24. The highest BCUT2D eigenvalue weighted by Crippen LogP contribution is 2.23. The first-order valence-corrected chi connectivity index (χ1v) is 9.43. The molecular formula is C23H22N4O2. The van der Waals surface area contributed by atoms with Gasteiger partial charge in [0, 0.05) is 17.4 Å². The van der Waals surface area contributed by atoms with Gasteiger partial charge in [0.15, 0.2) is 0 Å². The van der Waals surface area contributed by atoms with Crippen LogP contribution in [0.15, 0.2) is 65.3 Å². The van der Waals surface area contributed by atoms with E-state index in [1.165, 1.54) is 11.1 Å². The maximum Gasteiger partial charge on any atom is 0.274 e. The molecule has 0 unspecified atom stereocenters. The molecule has 0 saturated heterocycles. The Labute approximate surface area is 169 Å². The smallest absolute Gasteiger partial charge is 0.274 e. The van der Waals surface area contributed by atoms with E-state index in [4.69, 9.17) is 4.52 Å². The molecule has 0 spiro atoms. The maximum atomic E-state index is 12.5. The Bertz CT molecular complexity index is 1160. The van der Waals surface area contributed by atoms with E-state index < -0.39 is 0 Å². The number of aryl methyl sites for hydroxylation is 3. The summed E-state index contributed by atoms with van der Waals surface area (Å²) in [5.41, 5.74) is 5.87. The van der Waals surface area contributed by atoms with E-state index in [9.17, 15) is 4.79 Å². The number of amides is 1. The molecule has 2 heterocycles. The van der Waals surface area contributed by atoms with Gasteiger partial charge in [-0.2, -0.15) is 4.98 Å². The Balaban J connectivity index is 1.50. The number of benzene rings is 2. The molecule has 0 bridgehead atoms. The van der Waals surface area contributed by atoms with Gasteiger partial charge in [-0.15, -0.1) is 0 Å². The van der Waals surface area contributed by atoms with Crippen LogP contribution >= 0.6 is 0 Å². The summed E-state index contributed by atoms with van der Waals surface area (Å²) in [7, 11) is 0. The monoisotopic (exact) mass is 386 g/mol. The van der Waals surface area contributed by atoms with Gasteiger partial charge in [-0.3, -0.25) is 4.79 Å². The number of hydrogen-bond acceptors (Lipinski definition) is 4. The first-order valence-electron chi connectivity index (χ1n) is 9.43. The first-order chi connectivity index (χ1) is 14.0. The normalized spacial score (nSPS) is 10.9. The summed E-state index contributed by atoms with van der Waals surface area (Å²) in [6, 6.07) is 17.5. The van der Waals surface area contributed by atoms with Crippen molar-refractivity contribution in [3.8, 4) is 23.0 Å². The molecule has 29 heavy (non-hydrogen) atoms. The Morgan fingerprint density at radius 3 is 2.59 bits per heavy atom. The molecule has 0 aliphatic rings. The third-order valence-electron chi connectivity index (χ3n) is 4.89. The topological polar surface area (TPSA) is 73.0 Å². The maximum absolute atomic E-state index is 12.5. The van der Waals surface area contributed by atoms with Crippen molar-refractivity contribution in [1.82, 2.24) is 14.7 Å². The van der Waals surface area contributed by atoms with E-state index in [0.717, 1.165) is 16.8 Å². The number of anilines is 1. The molecule has 6 heteroatoms. The molecule has 0 saturated carbocycles. The third kappa shape index (κ3) is 4.11. The minimum Gasteiger partial charge on any atom is -0.334 e. The fourth-order valence-corrected chi connectivity index (χ4v) is 3.07. The highest BCUT2D eigenvalue weighted by Gasteiger charge is 2.15. The zero-order valence-electron chi connectivity index (χ0n) is 16.6. The number of carbonyl (C=O) groups is 1. The predicted octanol–water partition coefficient (Wildman–Crippen LogP) is 4.77. The Kier molecular flexibility index (Phi) is 4.99. The molecule has 0 aliphatic heterocycles. The number of nitrogens with zero attached hydrogens (tertiary/aromatic N) is 3. The first kappa shape index (κ1) is 18.7. The predicted molar refractivity (Wildman–Crippen MR) is 112 cm³/mol. The van der Waals surface area contributed by atoms with Gasteiger partial charge in [-0.05, 0) is 56.2 Å². The van der Waals surface area contributed by atoms with Crippen molar-refractivity contribution in [2.24, 2.45) is 0 Å². The Hall–Kier alpha value is -3.67. The summed E-state index contributed by atoms with van der Waals surface area (Å²) in [5.74, 6) is 0.779. The van der Waals surface area contributed by atoms with Crippen molar-refractivity contribution < 1.29 is 9.32 Å². The van der Waals surface area contributed by atoms with E-state index in [1.807, 2.05) is 81.6 Å². The second kappa shape index (κ2) is 7.75. The van der Waals surface area contributed by atoms with Gasteiger partial charge in [-0.1, -0.05) is 41.1 Å². The van der Waals surface area contributed by atoms with Crippen LogP contribution in [0, 0.1) is 20.8 Å². The third-order valence-corrected chi connectivity index (χ3v) is 4.89. The van der Waals surface area contributed by atoms with Crippen molar-refractivity contribution in [3.63, 3.8) is 0 Å². The van der Waals surface area contributed by atoms with Crippen LogP contribution in [0.5, 0.6) is 0 Å². The largest absolute Gasteiger partial charge is 0.334 e. The minimum absolute atomic E-state index is 0.121. The van der Waals surface area contributed by atoms with Crippen molar-refractivity contribution in [2.75, 3.05) is 5.32 Å². The zero-order valence-corrected chi connectivity index (χ0v) is 16.6. The summed E-state index contributed by atoms with van der Waals surface area (Å²) in [5, 5.41) is 7.01. The molecule has 4 rings (SSSR count). The quantitative estimate of drug-likeness (QED) is 0.536. The number of hydrogen-bond donors (Lipinski definition) is 1. The van der Waals surface area contributed by atoms with Crippen LogP contribution in [0.25, 0.3) is 23.0 Å². The summed E-state index contributed by atoms with van der Waals surface area (Å²) in [6.45, 7) is 6.25. The Morgan fingerprint density at radius 1 is 1.03 bits per heavy atom. The highest BCUT2D eigenvalue weighted by atomic mass is 16.5. The second-order valence-corrected chi connectivity index (χ2v) is 7.16. The molecule has 0 aliphatic carbocycles. The zero-order chi connectivity index (χ0) is 20.4. The number of aromatic nitrogens is 3. The lowest BCUT2D eigenvalue weighted by molar-refractivity contribution is -0.116. The lowest BCUT2D eigenvalue weighted by atomic mass is 10.1. The van der Waals surface area contributed by atoms with Crippen LogP contribution in [0.3, 0.4) is 0 Å². The SMILES string of the molecule is Cc1ccc(-c2noc(-c3cccn3CC(=O)Nc3ccc(C)c(C)c3)n2)cc1. The molecule has 0 atom stereocenters. The summed E-state index contributed by atoms with van der Waals surface area (Å²) >= 11 is 0. The molecule has 2 aromatic heterocycles. The molecule has 0 fully saturated rings.